The van der Waals surface area contributed by atoms with Gasteiger partial charge >= 0.3 is 6.18 Å². The molecule has 1 aliphatic rings. The van der Waals surface area contributed by atoms with E-state index in [1.165, 1.54) is 49.4 Å². The average Bonchev–Trinajstić information content (AvgIpc) is 3.18. The van der Waals surface area contributed by atoms with Crippen LogP contribution >= 0.6 is 0 Å². The zero-order valence-corrected chi connectivity index (χ0v) is 23.4. The molecule has 1 heterocycles. The Balaban J connectivity index is 1.95. The van der Waals surface area contributed by atoms with Crippen molar-refractivity contribution in [3.05, 3.63) is 70.8 Å². The van der Waals surface area contributed by atoms with Crippen LogP contribution in [0.5, 0.6) is 0 Å². The highest BCUT2D eigenvalue weighted by molar-refractivity contribution is 7.91. The van der Waals surface area contributed by atoms with E-state index < -0.39 is 51.9 Å². The number of alkyl halides is 3. The van der Waals surface area contributed by atoms with Gasteiger partial charge in [0, 0.05) is 23.7 Å². The standard InChI is InChI=1S/C27H35F3N4O4S/c1-6-39(37,38)19-12-10-17(11-13-19)21(15-35)32-24(36)23-16(2)34(25(33-23)26(3,4)5)14-18-8-7-9-20(31)22(18)27(28,29)30/h7-13,20-22,35H,6,14-15,31H2,1-5H3,(H,32,36)/t20?,21-,22?/m1/s1. The first-order chi connectivity index (χ1) is 18.0. The van der Waals surface area contributed by atoms with Crippen LogP contribution in [0.1, 0.15) is 61.3 Å². The zero-order valence-electron chi connectivity index (χ0n) is 22.6. The van der Waals surface area contributed by atoms with E-state index in [2.05, 4.69) is 10.3 Å². The van der Waals surface area contributed by atoms with E-state index in [0.29, 0.717) is 17.1 Å². The Morgan fingerprint density at radius 3 is 2.33 bits per heavy atom. The maximum absolute atomic E-state index is 13.9. The maximum atomic E-state index is 13.9. The number of aliphatic hydroxyl groups is 1. The molecule has 8 nitrogen and oxygen atoms in total. The summed E-state index contributed by atoms with van der Waals surface area (Å²) in [6.45, 7) is 8.05. The van der Waals surface area contributed by atoms with E-state index in [-0.39, 0.29) is 28.5 Å². The minimum Gasteiger partial charge on any atom is -0.394 e. The lowest BCUT2D eigenvalue weighted by Gasteiger charge is -2.30. The molecule has 1 aromatic heterocycles. The number of rotatable bonds is 8. The van der Waals surface area contributed by atoms with Gasteiger partial charge in [-0.3, -0.25) is 4.79 Å². The Kier molecular flexibility index (Phi) is 8.83. The fraction of sp³-hybridized carbons (Fsp3) is 0.481. The zero-order chi connectivity index (χ0) is 29.3. The summed E-state index contributed by atoms with van der Waals surface area (Å²) in [5, 5.41) is 12.7. The van der Waals surface area contributed by atoms with Crippen LogP contribution in [0, 0.1) is 12.8 Å². The molecule has 3 atom stereocenters. The molecule has 2 unspecified atom stereocenters. The van der Waals surface area contributed by atoms with Crippen LogP contribution in [0.2, 0.25) is 0 Å². The number of hydrogen-bond acceptors (Lipinski definition) is 6. The highest BCUT2D eigenvalue weighted by Crippen LogP contribution is 2.38. The van der Waals surface area contributed by atoms with Crippen LogP contribution in [0.15, 0.2) is 53.0 Å². The van der Waals surface area contributed by atoms with Crippen molar-refractivity contribution in [3.63, 3.8) is 0 Å². The number of nitrogens with two attached hydrogens (primary N) is 1. The molecule has 39 heavy (non-hydrogen) atoms. The number of carbonyl (C=O) groups is 1. The van der Waals surface area contributed by atoms with Crippen molar-refractivity contribution in [2.75, 3.05) is 12.4 Å². The number of nitrogens with zero attached hydrogens (tertiary/aromatic N) is 2. The number of sulfone groups is 1. The van der Waals surface area contributed by atoms with Gasteiger partial charge in [0.25, 0.3) is 5.91 Å². The fourth-order valence-corrected chi connectivity index (χ4v) is 5.47. The Hall–Kier alpha value is -2.96. The van der Waals surface area contributed by atoms with Crippen LogP contribution in [0.25, 0.3) is 0 Å². The second kappa shape index (κ2) is 11.3. The van der Waals surface area contributed by atoms with Gasteiger partial charge < -0.3 is 20.7 Å². The second-order valence-corrected chi connectivity index (χ2v) is 12.9. The third-order valence-corrected chi connectivity index (χ3v) is 8.49. The summed E-state index contributed by atoms with van der Waals surface area (Å²) in [7, 11) is -3.41. The van der Waals surface area contributed by atoms with Crippen molar-refractivity contribution in [3.8, 4) is 0 Å². The van der Waals surface area contributed by atoms with E-state index >= 15 is 0 Å². The lowest BCUT2D eigenvalue weighted by Crippen LogP contribution is -2.42. The molecule has 0 bridgehead atoms. The number of aliphatic hydroxyl groups excluding tert-OH is 1. The number of halogens is 3. The molecule has 3 rings (SSSR count). The summed E-state index contributed by atoms with van der Waals surface area (Å²) in [6, 6.07) is 3.76. The second-order valence-electron chi connectivity index (χ2n) is 10.6. The number of amides is 1. The van der Waals surface area contributed by atoms with Gasteiger partial charge in [-0.05, 0) is 30.2 Å². The molecule has 4 N–H and O–H groups in total. The summed E-state index contributed by atoms with van der Waals surface area (Å²) >= 11 is 0. The molecule has 2 aromatic rings. The van der Waals surface area contributed by atoms with Gasteiger partial charge in [-0.2, -0.15) is 13.2 Å². The molecule has 0 radical (unpaired) electrons. The quantitative estimate of drug-likeness (QED) is 0.445. The summed E-state index contributed by atoms with van der Waals surface area (Å²) in [4.78, 5) is 18.0. The predicted molar refractivity (Wildman–Crippen MR) is 142 cm³/mol. The number of allylic oxidation sites excluding steroid dienone is 2. The Morgan fingerprint density at radius 2 is 1.82 bits per heavy atom. The normalized spacial score (nSPS) is 19.1. The van der Waals surface area contributed by atoms with Crippen molar-refractivity contribution in [1.82, 2.24) is 14.9 Å². The fourth-order valence-electron chi connectivity index (χ4n) is 4.58. The highest BCUT2D eigenvalue weighted by atomic mass is 32.2. The molecule has 0 saturated carbocycles. The highest BCUT2D eigenvalue weighted by Gasteiger charge is 2.46. The van der Waals surface area contributed by atoms with E-state index in [1.807, 2.05) is 20.8 Å². The van der Waals surface area contributed by atoms with Gasteiger partial charge in [-0.15, -0.1) is 0 Å². The number of nitrogens with one attached hydrogen (secondary N) is 1. The predicted octanol–water partition coefficient (Wildman–Crippen LogP) is 3.75. The van der Waals surface area contributed by atoms with Crippen LogP contribution in [0.4, 0.5) is 13.2 Å². The molecule has 1 amide bonds. The summed E-state index contributed by atoms with van der Waals surface area (Å²) in [5.74, 6) is -2.13. The molecular weight excluding hydrogens is 533 g/mol. The molecule has 0 aliphatic heterocycles. The minimum absolute atomic E-state index is 0.0170. The topological polar surface area (TPSA) is 127 Å². The monoisotopic (exact) mass is 568 g/mol. The van der Waals surface area contributed by atoms with Gasteiger partial charge in [0.2, 0.25) is 0 Å². The molecule has 1 aromatic carbocycles. The number of benzene rings is 1. The number of aromatic nitrogens is 2. The lowest BCUT2D eigenvalue weighted by molar-refractivity contribution is -0.167. The van der Waals surface area contributed by atoms with E-state index in [4.69, 9.17) is 5.73 Å². The molecule has 12 heteroatoms. The molecule has 0 spiro atoms. The van der Waals surface area contributed by atoms with E-state index in [1.54, 1.807) is 11.5 Å². The maximum Gasteiger partial charge on any atom is 0.397 e. The van der Waals surface area contributed by atoms with Gasteiger partial charge in [-0.25, -0.2) is 13.4 Å². The number of hydrogen-bond donors (Lipinski definition) is 3. The first kappa shape index (κ1) is 30.6. The van der Waals surface area contributed by atoms with Crippen molar-refractivity contribution in [1.29, 1.82) is 0 Å². The first-order valence-electron chi connectivity index (χ1n) is 12.5. The van der Waals surface area contributed by atoms with Gasteiger partial charge in [0.15, 0.2) is 9.84 Å². The van der Waals surface area contributed by atoms with Crippen LogP contribution in [-0.4, -0.2) is 53.6 Å². The third-order valence-electron chi connectivity index (χ3n) is 6.74. The Morgan fingerprint density at radius 1 is 1.21 bits per heavy atom. The molecular formula is C27H35F3N4O4S. The molecule has 0 fully saturated rings. The summed E-state index contributed by atoms with van der Waals surface area (Å²) in [5.41, 5.74) is 6.11. The Bertz CT molecular complexity index is 1370. The summed E-state index contributed by atoms with van der Waals surface area (Å²) in [6.07, 6.45) is -0.336. The Labute approximate surface area is 226 Å². The van der Waals surface area contributed by atoms with Crippen LogP contribution in [0.3, 0.4) is 0 Å². The van der Waals surface area contributed by atoms with Crippen molar-refractivity contribution in [2.24, 2.45) is 11.7 Å². The molecule has 214 valence electrons. The molecule has 1 aliphatic carbocycles. The van der Waals surface area contributed by atoms with E-state index in [0.717, 1.165) is 0 Å². The van der Waals surface area contributed by atoms with Crippen LogP contribution in [-0.2, 0) is 21.8 Å². The summed E-state index contributed by atoms with van der Waals surface area (Å²) < 4.78 is 67.4. The number of imidazole rings is 1. The van der Waals surface area contributed by atoms with Gasteiger partial charge in [0.1, 0.15) is 11.5 Å². The number of carbonyl (C=O) groups excluding carboxylic acids is 1. The average molecular weight is 569 g/mol. The minimum atomic E-state index is -4.55. The smallest absolute Gasteiger partial charge is 0.394 e. The third kappa shape index (κ3) is 6.62. The van der Waals surface area contributed by atoms with Crippen LogP contribution < -0.4 is 11.1 Å². The van der Waals surface area contributed by atoms with Crippen molar-refractivity contribution in [2.45, 2.75) is 69.7 Å². The van der Waals surface area contributed by atoms with Gasteiger partial charge in [-0.1, -0.05) is 58.1 Å². The SMILES string of the molecule is CCS(=O)(=O)c1ccc([C@@H](CO)NC(=O)c2nc(C(C)(C)C)n(CC3=CC=CC(N)C3C(F)(F)F)c2C)cc1. The van der Waals surface area contributed by atoms with Crippen molar-refractivity contribution < 1.29 is 31.5 Å². The van der Waals surface area contributed by atoms with E-state index in [9.17, 15) is 31.5 Å². The first-order valence-corrected chi connectivity index (χ1v) is 14.2. The largest absolute Gasteiger partial charge is 0.397 e. The van der Waals surface area contributed by atoms with Crippen molar-refractivity contribution >= 4 is 15.7 Å². The lowest BCUT2D eigenvalue weighted by atomic mass is 9.86. The van der Waals surface area contributed by atoms with Gasteiger partial charge in [0.05, 0.1) is 29.2 Å². The molecule has 0 saturated heterocycles.